The molecule has 4 heterocycles. The van der Waals surface area contributed by atoms with Crippen LogP contribution in [0.4, 0.5) is 0 Å². The third-order valence-corrected chi connectivity index (χ3v) is 7.76. The van der Waals surface area contributed by atoms with Gasteiger partial charge >= 0.3 is 0 Å². The predicted octanol–water partition coefficient (Wildman–Crippen LogP) is 5.37. The number of rotatable bonds is 9. The van der Waals surface area contributed by atoms with Gasteiger partial charge in [0.2, 0.25) is 0 Å². The minimum absolute atomic E-state index is 0.140. The molecule has 4 aromatic rings. The molecule has 8 heteroatoms. The summed E-state index contributed by atoms with van der Waals surface area (Å²) >= 11 is 3.27. The lowest BCUT2D eigenvalue weighted by atomic mass is 10.2. The first-order valence-electron chi connectivity index (χ1n) is 10.8. The maximum Gasteiger partial charge on any atom is 0.192 e. The molecule has 32 heavy (non-hydrogen) atoms. The minimum Gasteiger partial charge on any atom is -0.348 e. The molecule has 0 spiro atoms. The molecule has 1 saturated carbocycles. The Morgan fingerprint density at radius 2 is 2.00 bits per heavy atom. The third-order valence-electron chi connectivity index (χ3n) is 5.88. The van der Waals surface area contributed by atoms with E-state index in [1.165, 1.54) is 16.6 Å². The van der Waals surface area contributed by atoms with Gasteiger partial charge in [-0.15, -0.1) is 21.5 Å². The van der Waals surface area contributed by atoms with Crippen molar-refractivity contribution in [1.29, 1.82) is 0 Å². The van der Waals surface area contributed by atoms with E-state index >= 15 is 0 Å². The van der Waals surface area contributed by atoms with Crippen LogP contribution < -0.4 is 0 Å². The molecule has 0 N–H and O–H groups in total. The molecule has 164 valence electrons. The molecule has 1 aliphatic carbocycles. The highest BCUT2D eigenvalue weighted by molar-refractivity contribution is 7.99. The van der Waals surface area contributed by atoms with E-state index in [4.69, 9.17) is 0 Å². The van der Waals surface area contributed by atoms with Crippen molar-refractivity contribution in [2.24, 2.45) is 0 Å². The van der Waals surface area contributed by atoms with E-state index < -0.39 is 0 Å². The van der Waals surface area contributed by atoms with E-state index in [-0.39, 0.29) is 5.78 Å². The Morgan fingerprint density at radius 1 is 1.19 bits per heavy atom. The molecular formula is C24H25N5OS2. The molecular weight excluding hydrogens is 438 g/mol. The number of thiophene rings is 1. The second-order valence-electron chi connectivity index (χ2n) is 8.12. The standard InChI is InChI=1S/C24H25N5OS2/c1-16-14-21(17(2)28(16)12-9-20-4-3-13-31-20)22(30)15-32-24-27-26-23(29(24)19-5-6-19)18-7-10-25-11-8-18/h3-4,7-8,10-11,13-14,19H,5-6,9,12,15H2,1-2H3. The van der Waals surface area contributed by atoms with Gasteiger partial charge in [0.25, 0.3) is 0 Å². The highest BCUT2D eigenvalue weighted by atomic mass is 32.2. The summed E-state index contributed by atoms with van der Waals surface area (Å²) in [5.41, 5.74) is 4.00. The van der Waals surface area contributed by atoms with E-state index in [9.17, 15) is 4.79 Å². The lowest BCUT2D eigenvalue weighted by molar-refractivity contribution is 0.102. The average molecular weight is 464 g/mol. The molecule has 0 radical (unpaired) electrons. The van der Waals surface area contributed by atoms with E-state index in [2.05, 4.69) is 48.8 Å². The number of Topliss-reactive ketones (excluding diaryl/α,β-unsaturated/α-hetero) is 1. The molecule has 0 saturated heterocycles. The Balaban J connectivity index is 1.30. The van der Waals surface area contributed by atoms with Gasteiger partial charge < -0.3 is 4.57 Å². The molecule has 5 rings (SSSR count). The summed E-state index contributed by atoms with van der Waals surface area (Å²) in [5, 5.41) is 11.8. The largest absolute Gasteiger partial charge is 0.348 e. The zero-order chi connectivity index (χ0) is 22.1. The van der Waals surface area contributed by atoms with Crippen molar-refractivity contribution in [2.75, 3.05) is 5.75 Å². The summed E-state index contributed by atoms with van der Waals surface area (Å²) < 4.78 is 4.45. The Labute approximate surface area is 195 Å². The van der Waals surface area contributed by atoms with Gasteiger partial charge in [-0.3, -0.25) is 14.3 Å². The number of carbonyl (C=O) groups excluding carboxylic acids is 1. The average Bonchev–Trinajstić information content (AvgIpc) is 3.21. The number of hydrogen-bond donors (Lipinski definition) is 0. The molecule has 0 bridgehead atoms. The number of nitrogens with zero attached hydrogens (tertiary/aromatic N) is 5. The van der Waals surface area contributed by atoms with Crippen LogP contribution >= 0.6 is 23.1 Å². The molecule has 0 atom stereocenters. The van der Waals surface area contributed by atoms with Crippen LogP contribution in [0.25, 0.3) is 11.4 Å². The first-order valence-corrected chi connectivity index (χ1v) is 12.7. The lowest BCUT2D eigenvalue weighted by Crippen LogP contribution is -2.08. The molecule has 1 aliphatic rings. The van der Waals surface area contributed by atoms with Crippen molar-refractivity contribution < 1.29 is 4.79 Å². The molecule has 4 aromatic heterocycles. The van der Waals surface area contributed by atoms with Crippen LogP contribution in [0.5, 0.6) is 0 Å². The molecule has 1 fully saturated rings. The number of thioether (sulfide) groups is 1. The lowest BCUT2D eigenvalue weighted by Gasteiger charge is -2.10. The van der Waals surface area contributed by atoms with Crippen LogP contribution in [-0.2, 0) is 13.0 Å². The van der Waals surface area contributed by atoms with Gasteiger partial charge in [0.05, 0.1) is 5.75 Å². The summed E-state index contributed by atoms with van der Waals surface area (Å²) in [6.45, 7) is 5.02. The fourth-order valence-electron chi connectivity index (χ4n) is 4.05. The molecule has 0 aliphatic heterocycles. The van der Waals surface area contributed by atoms with Crippen LogP contribution in [-0.4, -0.2) is 35.9 Å². The zero-order valence-corrected chi connectivity index (χ0v) is 19.8. The summed E-state index contributed by atoms with van der Waals surface area (Å²) in [5.74, 6) is 1.36. The number of ketones is 1. The van der Waals surface area contributed by atoms with Crippen LogP contribution in [0.3, 0.4) is 0 Å². The van der Waals surface area contributed by atoms with E-state index in [1.54, 1.807) is 23.7 Å². The number of pyridine rings is 1. The van der Waals surface area contributed by atoms with Gasteiger partial charge in [-0.05, 0) is 62.8 Å². The molecule has 0 unspecified atom stereocenters. The number of aromatic nitrogens is 5. The normalized spacial score (nSPS) is 13.6. The van der Waals surface area contributed by atoms with Crippen molar-refractivity contribution in [3.05, 3.63) is 69.9 Å². The topological polar surface area (TPSA) is 65.6 Å². The fourth-order valence-corrected chi connectivity index (χ4v) is 5.63. The summed E-state index contributed by atoms with van der Waals surface area (Å²) in [4.78, 5) is 18.6. The third kappa shape index (κ3) is 4.29. The highest BCUT2D eigenvalue weighted by Crippen LogP contribution is 2.41. The fraction of sp³-hybridized carbons (Fsp3) is 0.333. The quantitative estimate of drug-likeness (QED) is 0.247. The second kappa shape index (κ2) is 9.03. The minimum atomic E-state index is 0.140. The van der Waals surface area contributed by atoms with E-state index in [1.807, 2.05) is 25.1 Å². The Hall–Kier alpha value is -2.71. The maximum atomic E-state index is 13.1. The van der Waals surface area contributed by atoms with Crippen molar-refractivity contribution >= 4 is 28.9 Å². The van der Waals surface area contributed by atoms with Crippen molar-refractivity contribution in [1.82, 2.24) is 24.3 Å². The number of carbonyl (C=O) groups is 1. The Morgan fingerprint density at radius 3 is 2.72 bits per heavy atom. The maximum absolute atomic E-state index is 13.1. The Kier molecular flexibility index (Phi) is 5.97. The van der Waals surface area contributed by atoms with Gasteiger partial charge in [0.1, 0.15) is 0 Å². The summed E-state index contributed by atoms with van der Waals surface area (Å²) in [6, 6.07) is 10.6. The van der Waals surface area contributed by atoms with Gasteiger partial charge in [-0.2, -0.15) is 0 Å². The van der Waals surface area contributed by atoms with Crippen molar-refractivity contribution in [3.8, 4) is 11.4 Å². The zero-order valence-electron chi connectivity index (χ0n) is 18.2. The van der Waals surface area contributed by atoms with Gasteiger partial charge in [-0.1, -0.05) is 17.8 Å². The summed E-state index contributed by atoms with van der Waals surface area (Å²) in [7, 11) is 0. The smallest absolute Gasteiger partial charge is 0.192 e. The SMILES string of the molecule is Cc1cc(C(=O)CSc2nnc(-c3ccncc3)n2C2CC2)c(C)n1CCc1cccs1. The predicted molar refractivity (Wildman–Crippen MR) is 129 cm³/mol. The number of hydrogen-bond acceptors (Lipinski definition) is 6. The number of aryl methyl sites for hydroxylation is 2. The van der Waals surface area contributed by atoms with Crippen LogP contribution in [0.2, 0.25) is 0 Å². The Bertz CT molecular complexity index is 1220. The first-order chi connectivity index (χ1) is 15.6. The van der Waals surface area contributed by atoms with Crippen LogP contribution in [0.1, 0.15) is 45.5 Å². The van der Waals surface area contributed by atoms with E-state index in [0.29, 0.717) is 11.8 Å². The van der Waals surface area contributed by atoms with Gasteiger partial charge in [0, 0.05) is 52.4 Å². The van der Waals surface area contributed by atoms with Crippen LogP contribution in [0, 0.1) is 13.8 Å². The van der Waals surface area contributed by atoms with Crippen molar-refractivity contribution in [3.63, 3.8) is 0 Å². The van der Waals surface area contributed by atoms with Crippen molar-refractivity contribution in [2.45, 2.75) is 50.9 Å². The molecule has 0 aromatic carbocycles. The molecule has 6 nitrogen and oxygen atoms in total. The summed E-state index contributed by atoms with van der Waals surface area (Å²) in [6.07, 6.45) is 6.78. The molecule has 0 amide bonds. The van der Waals surface area contributed by atoms with Crippen LogP contribution in [0.15, 0.2) is 53.3 Å². The van der Waals surface area contributed by atoms with Gasteiger partial charge in [-0.25, -0.2) is 0 Å². The monoisotopic (exact) mass is 463 g/mol. The first kappa shape index (κ1) is 21.2. The van der Waals surface area contributed by atoms with E-state index in [0.717, 1.165) is 59.3 Å². The van der Waals surface area contributed by atoms with Gasteiger partial charge in [0.15, 0.2) is 16.8 Å². The highest BCUT2D eigenvalue weighted by Gasteiger charge is 2.30. The second-order valence-corrected chi connectivity index (χ2v) is 10.1.